The summed E-state index contributed by atoms with van der Waals surface area (Å²) >= 11 is 0. The van der Waals surface area contributed by atoms with Gasteiger partial charge in [-0.1, -0.05) is 6.92 Å². The quantitative estimate of drug-likeness (QED) is 0.794. The van der Waals surface area contributed by atoms with Crippen molar-refractivity contribution in [3.8, 4) is 0 Å². The van der Waals surface area contributed by atoms with Crippen LogP contribution in [-0.2, 0) is 24.3 Å². The van der Waals surface area contributed by atoms with Crippen LogP contribution in [0, 0.1) is 12.3 Å². The van der Waals surface area contributed by atoms with Crippen LogP contribution in [-0.4, -0.2) is 45.3 Å². The van der Waals surface area contributed by atoms with Crippen LogP contribution in [0.4, 0.5) is 0 Å². The molecular weight excluding hydrogens is 352 g/mol. The molecule has 2 saturated heterocycles. The Balaban J connectivity index is 1.34. The molecule has 0 N–H and O–H groups in total. The van der Waals surface area contributed by atoms with E-state index < -0.39 is 0 Å². The first-order chi connectivity index (χ1) is 13.5. The SMILES string of the molecule is CCc1ccc(CN2CCC3(CCC(=O)N(Cc4cnc(C)cn4)C3)CC2)o1. The van der Waals surface area contributed by atoms with Crippen LogP contribution in [0.25, 0.3) is 0 Å². The van der Waals surface area contributed by atoms with E-state index in [1.165, 1.54) is 0 Å². The van der Waals surface area contributed by atoms with Crippen molar-refractivity contribution < 1.29 is 9.21 Å². The second-order valence-corrected chi connectivity index (χ2v) is 8.40. The average Bonchev–Trinajstić information content (AvgIpc) is 3.16. The first-order valence-electron chi connectivity index (χ1n) is 10.4. The Morgan fingerprint density at radius 3 is 2.54 bits per heavy atom. The van der Waals surface area contributed by atoms with Gasteiger partial charge in [0.15, 0.2) is 0 Å². The van der Waals surface area contributed by atoms with Crippen molar-refractivity contribution in [1.29, 1.82) is 0 Å². The molecule has 2 aromatic rings. The summed E-state index contributed by atoms with van der Waals surface area (Å²) in [6.07, 6.45) is 8.44. The van der Waals surface area contributed by atoms with E-state index in [2.05, 4.69) is 33.9 Å². The molecule has 6 heteroatoms. The minimum atomic E-state index is 0.248. The first-order valence-corrected chi connectivity index (χ1v) is 10.4. The van der Waals surface area contributed by atoms with E-state index in [-0.39, 0.29) is 11.3 Å². The van der Waals surface area contributed by atoms with Gasteiger partial charge in [0.05, 0.1) is 30.7 Å². The van der Waals surface area contributed by atoms with Crippen molar-refractivity contribution in [3.63, 3.8) is 0 Å². The van der Waals surface area contributed by atoms with Gasteiger partial charge in [-0.25, -0.2) is 0 Å². The molecule has 0 radical (unpaired) electrons. The summed E-state index contributed by atoms with van der Waals surface area (Å²) in [5.41, 5.74) is 2.03. The molecule has 28 heavy (non-hydrogen) atoms. The van der Waals surface area contributed by atoms with E-state index in [0.29, 0.717) is 13.0 Å². The number of aromatic nitrogens is 2. The molecule has 150 valence electrons. The summed E-state index contributed by atoms with van der Waals surface area (Å²) in [6.45, 7) is 8.48. The van der Waals surface area contributed by atoms with Crippen LogP contribution in [0.2, 0.25) is 0 Å². The highest BCUT2D eigenvalue weighted by atomic mass is 16.3. The maximum Gasteiger partial charge on any atom is 0.222 e. The number of furan rings is 1. The molecule has 2 aliphatic heterocycles. The Morgan fingerprint density at radius 2 is 1.86 bits per heavy atom. The van der Waals surface area contributed by atoms with Crippen molar-refractivity contribution in [2.24, 2.45) is 5.41 Å². The fourth-order valence-electron chi connectivity index (χ4n) is 4.45. The molecule has 2 fully saturated rings. The Kier molecular flexibility index (Phi) is 5.49. The normalized spacial score (nSPS) is 20.1. The second-order valence-electron chi connectivity index (χ2n) is 8.40. The Morgan fingerprint density at radius 1 is 1.07 bits per heavy atom. The fraction of sp³-hybridized carbons (Fsp3) is 0.591. The van der Waals surface area contributed by atoms with Gasteiger partial charge in [0.1, 0.15) is 11.5 Å². The molecule has 2 aromatic heterocycles. The molecule has 6 nitrogen and oxygen atoms in total. The molecule has 0 aliphatic carbocycles. The predicted octanol–water partition coefficient (Wildman–Crippen LogP) is 3.35. The van der Waals surface area contributed by atoms with Crippen LogP contribution < -0.4 is 0 Å². The fourth-order valence-corrected chi connectivity index (χ4v) is 4.45. The zero-order valence-corrected chi connectivity index (χ0v) is 17.0. The average molecular weight is 383 g/mol. The largest absolute Gasteiger partial charge is 0.465 e. The van der Waals surface area contributed by atoms with Crippen molar-refractivity contribution in [3.05, 3.63) is 47.4 Å². The number of carbonyl (C=O) groups is 1. The number of carbonyl (C=O) groups excluding carboxylic acids is 1. The van der Waals surface area contributed by atoms with Crippen LogP contribution in [0.3, 0.4) is 0 Å². The lowest BCUT2D eigenvalue weighted by Crippen LogP contribution is -2.51. The molecule has 0 bridgehead atoms. The van der Waals surface area contributed by atoms with E-state index in [4.69, 9.17) is 4.42 Å². The Labute approximate surface area is 167 Å². The smallest absolute Gasteiger partial charge is 0.222 e. The lowest BCUT2D eigenvalue weighted by atomic mass is 9.72. The highest BCUT2D eigenvalue weighted by Gasteiger charge is 2.41. The van der Waals surface area contributed by atoms with Gasteiger partial charge in [0.25, 0.3) is 0 Å². The minimum absolute atomic E-state index is 0.248. The lowest BCUT2D eigenvalue weighted by molar-refractivity contribution is -0.140. The second kappa shape index (κ2) is 8.03. The standard InChI is InChI=1S/C22H30N4O2/c1-3-19-4-5-20(28-19)15-25-10-8-22(9-11-25)7-6-21(27)26(16-22)14-18-13-23-17(2)12-24-18/h4-5,12-13H,3,6-11,14-16H2,1-2H3. The number of amides is 1. The summed E-state index contributed by atoms with van der Waals surface area (Å²) < 4.78 is 5.87. The van der Waals surface area contributed by atoms with Crippen molar-refractivity contribution in [2.45, 2.75) is 59.0 Å². The maximum atomic E-state index is 12.5. The summed E-state index contributed by atoms with van der Waals surface area (Å²) in [7, 11) is 0. The summed E-state index contributed by atoms with van der Waals surface area (Å²) in [5, 5.41) is 0. The molecule has 0 unspecified atom stereocenters. The molecule has 4 heterocycles. The van der Waals surface area contributed by atoms with Crippen molar-refractivity contribution in [1.82, 2.24) is 19.8 Å². The molecule has 0 aromatic carbocycles. The zero-order valence-electron chi connectivity index (χ0n) is 17.0. The van der Waals surface area contributed by atoms with Gasteiger partial charge in [0.2, 0.25) is 5.91 Å². The number of hydrogen-bond acceptors (Lipinski definition) is 5. The van der Waals surface area contributed by atoms with E-state index in [9.17, 15) is 4.79 Å². The van der Waals surface area contributed by atoms with Crippen molar-refractivity contribution >= 4 is 5.91 Å². The highest BCUT2D eigenvalue weighted by Crippen LogP contribution is 2.40. The van der Waals surface area contributed by atoms with E-state index >= 15 is 0 Å². The molecule has 2 aliphatic rings. The molecule has 1 spiro atoms. The zero-order chi connectivity index (χ0) is 19.6. The summed E-state index contributed by atoms with van der Waals surface area (Å²) in [6, 6.07) is 4.19. The topological polar surface area (TPSA) is 62.5 Å². The lowest BCUT2D eigenvalue weighted by Gasteiger charge is -2.47. The van der Waals surface area contributed by atoms with E-state index in [1.54, 1.807) is 12.4 Å². The minimum Gasteiger partial charge on any atom is -0.465 e. The first kappa shape index (κ1) is 19.1. The molecule has 1 amide bonds. The third-order valence-electron chi connectivity index (χ3n) is 6.30. The molecular formula is C22H30N4O2. The van der Waals surface area contributed by atoms with Crippen LogP contribution in [0.1, 0.15) is 55.5 Å². The number of likely N-dealkylation sites (tertiary alicyclic amines) is 2. The number of hydrogen-bond donors (Lipinski definition) is 0. The summed E-state index contributed by atoms with van der Waals surface area (Å²) in [5.74, 6) is 2.37. The van der Waals surface area contributed by atoms with Crippen LogP contribution >= 0.6 is 0 Å². The third kappa shape index (κ3) is 4.27. The van der Waals surface area contributed by atoms with Crippen LogP contribution in [0.15, 0.2) is 28.9 Å². The predicted molar refractivity (Wildman–Crippen MR) is 106 cm³/mol. The Hall–Kier alpha value is -2.21. The van der Waals surface area contributed by atoms with Gasteiger partial charge in [0, 0.05) is 25.6 Å². The van der Waals surface area contributed by atoms with Crippen molar-refractivity contribution in [2.75, 3.05) is 19.6 Å². The number of piperidine rings is 2. The van der Waals surface area contributed by atoms with Crippen LogP contribution in [0.5, 0.6) is 0 Å². The number of rotatable bonds is 5. The summed E-state index contributed by atoms with van der Waals surface area (Å²) in [4.78, 5) is 25.7. The van der Waals surface area contributed by atoms with E-state index in [1.807, 2.05) is 11.8 Å². The van der Waals surface area contributed by atoms with Gasteiger partial charge in [-0.2, -0.15) is 0 Å². The highest BCUT2D eigenvalue weighted by molar-refractivity contribution is 5.77. The molecule has 0 saturated carbocycles. The third-order valence-corrected chi connectivity index (χ3v) is 6.30. The van der Waals surface area contributed by atoms with Gasteiger partial charge in [-0.05, 0) is 56.8 Å². The monoisotopic (exact) mass is 382 g/mol. The van der Waals surface area contributed by atoms with Gasteiger partial charge in [-0.3, -0.25) is 19.7 Å². The Bertz CT molecular complexity index is 806. The van der Waals surface area contributed by atoms with E-state index in [0.717, 1.165) is 74.8 Å². The van der Waals surface area contributed by atoms with Gasteiger partial charge >= 0.3 is 0 Å². The molecule has 0 atom stereocenters. The number of nitrogens with zero attached hydrogens (tertiary/aromatic N) is 4. The maximum absolute atomic E-state index is 12.5. The molecule has 4 rings (SSSR count). The van der Waals surface area contributed by atoms with Gasteiger partial charge in [-0.15, -0.1) is 0 Å². The van der Waals surface area contributed by atoms with Gasteiger partial charge < -0.3 is 9.32 Å². The number of aryl methyl sites for hydroxylation is 2.